The van der Waals surface area contributed by atoms with Crippen molar-refractivity contribution >= 4 is 0 Å². The number of hydrogen-bond donors (Lipinski definition) is 2. The Bertz CT molecular complexity index is 250. The maximum absolute atomic E-state index is 9.46. The molecule has 0 radical (unpaired) electrons. The molecule has 114 valence electrons. The molecule has 4 heteroatoms. The lowest BCUT2D eigenvalue weighted by molar-refractivity contribution is 0.157. The molecule has 19 heavy (non-hydrogen) atoms. The van der Waals surface area contributed by atoms with E-state index in [1.807, 2.05) is 0 Å². The molecule has 1 heterocycles. The summed E-state index contributed by atoms with van der Waals surface area (Å²) in [6.45, 7) is 8.88. The second-order valence-electron chi connectivity index (χ2n) is 6.39. The number of aliphatic hydroxyl groups excluding tert-OH is 1. The molecular weight excluding hydrogens is 238 g/mol. The summed E-state index contributed by atoms with van der Waals surface area (Å²) in [5, 5.41) is 12.8. The zero-order valence-corrected chi connectivity index (χ0v) is 13.3. The van der Waals surface area contributed by atoms with Crippen LogP contribution in [0, 0.1) is 0 Å². The van der Waals surface area contributed by atoms with Gasteiger partial charge in [0.1, 0.15) is 0 Å². The molecule has 1 fully saturated rings. The van der Waals surface area contributed by atoms with Gasteiger partial charge in [-0.2, -0.15) is 0 Å². The van der Waals surface area contributed by atoms with E-state index in [1.165, 1.54) is 25.9 Å². The van der Waals surface area contributed by atoms with Crippen molar-refractivity contribution in [1.29, 1.82) is 0 Å². The average Bonchev–Trinajstić information content (AvgIpc) is 2.75. The summed E-state index contributed by atoms with van der Waals surface area (Å²) in [7, 11) is 4.45. The first-order valence-electron chi connectivity index (χ1n) is 7.75. The number of likely N-dealkylation sites (tertiary alicyclic amines) is 1. The first-order valence-corrected chi connectivity index (χ1v) is 7.75. The monoisotopic (exact) mass is 271 g/mol. The molecule has 0 aromatic heterocycles. The molecule has 0 spiro atoms. The van der Waals surface area contributed by atoms with Gasteiger partial charge in [0.05, 0.1) is 6.61 Å². The van der Waals surface area contributed by atoms with Crippen LogP contribution in [-0.2, 0) is 0 Å². The fraction of sp³-hybridized carbons (Fsp3) is 1.00. The molecular formula is C15H33N3O. The highest BCUT2D eigenvalue weighted by molar-refractivity contribution is 4.83. The van der Waals surface area contributed by atoms with Crippen LogP contribution in [0.3, 0.4) is 0 Å². The Kier molecular flexibility index (Phi) is 7.29. The largest absolute Gasteiger partial charge is 0.394 e. The van der Waals surface area contributed by atoms with Crippen molar-refractivity contribution in [3.05, 3.63) is 0 Å². The Hall–Kier alpha value is -0.160. The lowest BCUT2D eigenvalue weighted by Crippen LogP contribution is -2.46. The first-order chi connectivity index (χ1) is 9.00. The minimum Gasteiger partial charge on any atom is -0.394 e. The smallest absolute Gasteiger partial charge is 0.0610 e. The lowest BCUT2D eigenvalue weighted by atomic mass is 9.96. The van der Waals surface area contributed by atoms with E-state index < -0.39 is 0 Å². The van der Waals surface area contributed by atoms with Crippen molar-refractivity contribution in [2.45, 2.75) is 51.1 Å². The van der Waals surface area contributed by atoms with Crippen LogP contribution in [0.15, 0.2) is 0 Å². The number of aliphatic hydroxyl groups is 1. The van der Waals surface area contributed by atoms with Gasteiger partial charge in [-0.25, -0.2) is 0 Å². The minimum absolute atomic E-state index is 0.111. The highest BCUT2D eigenvalue weighted by atomic mass is 16.3. The zero-order valence-electron chi connectivity index (χ0n) is 13.3. The van der Waals surface area contributed by atoms with E-state index in [2.05, 4.69) is 43.1 Å². The molecule has 2 N–H and O–H groups in total. The van der Waals surface area contributed by atoms with Crippen LogP contribution in [0.2, 0.25) is 0 Å². The fourth-order valence-corrected chi connectivity index (χ4v) is 3.05. The molecule has 0 aliphatic carbocycles. The van der Waals surface area contributed by atoms with Gasteiger partial charge >= 0.3 is 0 Å². The van der Waals surface area contributed by atoms with Crippen molar-refractivity contribution in [3.8, 4) is 0 Å². The standard InChI is InChI=1S/C15H33N3O/c1-5-16-15(2,13-19)9-7-10-17(3)12-14-8-6-11-18(14)4/h14,16,19H,5-13H2,1-4H3. The summed E-state index contributed by atoms with van der Waals surface area (Å²) >= 11 is 0. The quantitative estimate of drug-likeness (QED) is 0.660. The van der Waals surface area contributed by atoms with Gasteiger partial charge in [-0.05, 0) is 66.3 Å². The van der Waals surface area contributed by atoms with Crippen molar-refractivity contribution in [2.75, 3.05) is 46.9 Å². The van der Waals surface area contributed by atoms with E-state index in [-0.39, 0.29) is 12.1 Å². The fourth-order valence-electron chi connectivity index (χ4n) is 3.05. The van der Waals surface area contributed by atoms with Gasteiger partial charge in [0, 0.05) is 18.1 Å². The Morgan fingerprint density at radius 1 is 1.47 bits per heavy atom. The molecule has 0 bridgehead atoms. The predicted octanol–water partition coefficient (Wildman–Crippen LogP) is 1.15. The zero-order chi connectivity index (χ0) is 14.3. The summed E-state index contributed by atoms with van der Waals surface area (Å²) in [4.78, 5) is 4.92. The van der Waals surface area contributed by atoms with Gasteiger partial charge < -0.3 is 20.2 Å². The number of hydrogen-bond acceptors (Lipinski definition) is 4. The predicted molar refractivity (Wildman–Crippen MR) is 81.6 cm³/mol. The Labute approximate surface area is 119 Å². The Morgan fingerprint density at radius 2 is 2.21 bits per heavy atom. The molecule has 1 rings (SSSR count). The van der Waals surface area contributed by atoms with Gasteiger partial charge in [0.15, 0.2) is 0 Å². The normalized spacial score (nSPS) is 24.0. The maximum Gasteiger partial charge on any atom is 0.0610 e. The van der Waals surface area contributed by atoms with Crippen LogP contribution in [0.25, 0.3) is 0 Å². The summed E-state index contributed by atoms with van der Waals surface area (Å²) in [5.74, 6) is 0. The molecule has 0 aromatic rings. The summed E-state index contributed by atoms with van der Waals surface area (Å²) in [6, 6.07) is 0.739. The highest BCUT2D eigenvalue weighted by Crippen LogP contribution is 2.16. The van der Waals surface area contributed by atoms with Gasteiger partial charge in [-0.15, -0.1) is 0 Å². The molecule has 1 aliphatic rings. The van der Waals surface area contributed by atoms with E-state index in [0.29, 0.717) is 0 Å². The molecule has 4 nitrogen and oxygen atoms in total. The second kappa shape index (κ2) is 8.20. The number of likely N-dealkylation sites (N-methyl/N-ethyl adjacent to an activating group) is 3. The minimum atomic E-state index is -0.111. The van der Waals surface area contributed by atoms with E-state index in [1.54, 1.807) is 0 Å². The highest BCUT2D eigenvalue weighted by Gasteiger charge is 2.23. The van der Waals surface area contributed by atoms with Crippen molar-refractivity contribution in [1.82, 2.24) is 15.1 Å². The topological polar surface area (TPSA) is 38.7 Å². The third-order valence-electron chi connectivity index (χ3n) is 4.41. The van der Waals surface area contributed by atoms with Crippen LogP contribution in [0.4, 0.5) is 0 Å². The Balaban J connectivity index is 2.20. The van der Waals surface area contributed by atoms with Gasteiger partial charge in [-0.1, -0.05) is 6.92 Å². The number of nitrogens with one attached hydrogen (secondary N) is 1. The SMILES string of the molecule is CCNC(C)(CO)CCCN(C)CC1CCCN1C. The second-order valence-corrected chi connectivity index (χ2v) is 6.39. The van der Waals surface area contributed by atoms with E-state index in [4.69, 9.17) is 0 Å². The average molecular weight is 271 g/mol. The van der Waals surface area contributed by atoms with Crippen molar-refractivity contribution in [3.63, 3.8) is 0 Å². The lowest BCUT2D eigenvalue weighted by Gasteiger charge is -2.30. The number of rotatable bonds is 9. The van der Waals surface area contributed by atoms with Crippen LogP contribution >= 0.6 is 0 Å². The molecule has 2 unspecified atom stereocenters. The molecule has 0 aromatic carbocycles. The van der Waals surface area contributed by atoms with Crippen LogP contribution < -0.4 is 5.32 Å². The van der Waals surface area contributed by atoms with Crippen LogP contribution in [0.5, 0.6) is 0 Å². The first kappa shape index (κ1) is 16.9. The van der Waals surface area contributed by atoms with Gasteiger partial charge in [-0.3, -0.25) is 0 Å². The summed E-state index contributed by atoms with van der Waals surface area (Å²) < 4.78 is 0. The van der Waals surface area contributed by atoms with Crippen molar-refractivity contribution < 1.29 is 5.11 Å². The third-order valence-corrected chi connectivity index (χ3v) is 4.41. The van der Waals surface area contributed by atoms with E-state index in [0.717, 1.165) is 32.0 Å². The van der Waals surface area contributed by atoms with E-state index >= 15 is 0 Å². The Morgan fingerprint density at radius 3 is 2.74 bits per heavy atom. The van der Waals surface area contributed by atoms with Crippen molar-refractivity contribution in [2.24, 2.45) is 0 Å². The van der Waals surface area contributed by atoms with Gasteiger partial charge in [0.25, 0.3) is 0 Å². The van der Waals surface area contributed by atoms with Gasteiger partial charge in [0.2, 0.25) is 0 Å². The molecule has 1 saturated heterocycles. The van der Waals surface area contributed by atoms with Crippen LogP contribution in [-0.4, -0.2) is 73.4 Å². The molecule has 2 atom stereocenters. The van der Waals surface area contributed by atoms with E-state index in [9.17, 15) is 5.11 Å². The molecule has 0 saturated carbocycles. The maximum atomic E-state index is 9.46. The van der Waals surface area contributed by atoms with Crippen LogP contribution in [0.1, 0.15) is 39.5 Å². The summed E-state index contributed by atoms with van der Waals surface area (Å²) in [6.07, 6.45) is 4.85. The molecule has 0 amide bonds. The summed E-state index contributed by atoms with van der Waals surface area (Å²) in [5.41, 5.74) is -0.111. The molecule has 1 aliphatic heterocycles. The third kappa shape index (κ3) is 5.78. The number of nitrogens with zero attached hydrogens (tertiary/aromatic N) is 2.